The highest BCUT2D eigenvalue weighted by Gasteiger charge is 2.34. The molecule has 1 aliphatic rings. The summed E-state index contributed by atoms with van der Waals surface area (Å²) in [7, 11) is 0. The molecule has 0 unspecified atom stereocenters. The Morgan fingerprint density at radius 3 is 2.81 bits per heavy atom. The van der Waals surface area contributed by atoms with E-state index in [-0.39, 0.29) is 5.91 Å². The summed E-state index contributed by atoms with van der Waals surface area (Å²) in [5.74, 6) is 0.668. The van der Waals surface area contributed by atoms with Crippen LogP contribution in [-0.4, -0.2) is 25.7 Å². The number of nitrogens with one attached hydrogen (secondary N) is 2. The molecular formula is C18H14Cl2N6O. The van der Waals surface area contributed by atoms with E-state index in [4.69, 9.17) is 23.2 Å². The second-order valence-electron chi connectivity index (χ2n) is 5.93. The molecule has 0 aliphatic carbocycles. The van der Waals surface area contributed by atoms with Gasteiger partial charge >= 0.3 is 0 Å². The Balaban J connectivity index is 1.81. The van der Waals surface area contributed by atoms with Crippen LogP contribution in [0, 0.1) is 0 Å². The molecule has 9 heteroatoms. The van der Waals surface area contributed by atoms with Crippen molar-refractivity contribution >= 4 is 40.9 Å². The van der Waals surface area contributed by atoms with Crippen LogP contribution in [0.15, 0.2) is 60.2 Å². The zero-order valence-corrected chi connectivity index (χ0v) is 15.7. The van der Waals surface area contributed by atoms with Crippen LogP contribution < -0.4 is 10.6 Å². The number of pyridine rings is 1. The fraction of sp³-hybridized carbons (Fsp3) is 0.111. The lowest BCUT2D eigenvalue weighted by Gasteiger charge is -2.29. The third kappa shape index (κ3) is 3.27. The van der Waals surface area contributed by atoms with Gasteiger partial charge in [-0.05, 0) is 31.2 Å². The molecule has 0 saturated heterocycles. The number of fused-ring (bicyclic) bond motifs is 1. The highest BCUT2D eigenvalue weighted by atomic mass is 35.5. The number of allylic oxidation sites excluding steroid dienone is 1. The van der Waals surface area contributed by atoms with Crippen LogP contribution in [0.4, 0.5) is 11.8 Å². The molecule has 1 atom stereocenters. The smallest absolute Gasteiger partial charge is 0.257 e. The Morgan fingerprint density at radius 1 is 1.22 bits per heavy atom. The van der Waals surface area contributed by atoms with Gasteiger partial charge in [0.25, 0.3) is 5.91 Å². The molecule has 136 valence electrons. The predicted molar refractivity (Wildman–Crippen MR) is 104 cm³/mol. The fourth-order valence-corrected chi connectivity index (χ4v) is 3.53. The minimum absolute atomic E-state index is 0.309. The van der Waals surface area contributed by atoms with E-state index in [9.17, 15) is 4.79 Å². The number of carbonyl (C=O) groups is 1. The third-order valence-corrected chi connectivity index (χ3v) is 4.77. The summed E-state index contributed by atoms with van der Waals surface area (Å²) in [6.07, 6.45) is 3.03. The monoisotopic (exact) mass is 400 g/mol. The minimum atomic E-state index is -0.558. The lowest BCUT2D eigenvalue weighted by molar-refractivity contribution is -0.113. The van der Waals surface area contributed by atoms with Gasteiger partial charge in [-0.3, -0.25) is 4.79 Å². The third-order valence-electron chi connectivity index (χ3n) is 4.20. The summed E-state index contributed by atoms with van der Waals surface area (Å²) in [5.41, 5.74) is 1.81. The molecule has 2 aromatic heterocycles. The van der Waals surface area contributed by atoms with E-state index in [1.165, 1.54) is 6.33 Å². The second-order valence-corrected chi connectivity index (χ2v) is 6.77. The molecule has 1 aliphatic heterocycles. The Bertz CT molecular complexity index is 1050. The van der Waals surface area contributed by atoms with Crippen molar-refractivity contribution in [1.29, 1.82) is 0 Å². The first-order valence-electron chi connectivity index (χ1n) is 8.09. The summed E-state index contributed by atoms with van der Waals surface area (Å²) < 4.78 is 1.62. The number of nitrogens with zero attached hydrogens (tertiary/aromatic N) is 4. The molecule has 2 N–H and O–H groups in total. The molecule has 3 heterocycles. The summed E-state index contributed by atoms with van der Waals surface area (Å²) in [4.78, 5) is 21.4. The number of anilines is 2. The first-order chi connectivity index (χ1) is 13.0. The maximum absolute atomic E-state index is 13.1. The normalized spacial score (nSPS) is 15.9. The van der Waals surface area contributed by atoms with Crippen LogP contribution in [-0.2, 0) is 4.79 Å². The number of benzene rings is 1. The first kappa shape index (κ1) is 17.5. The Labute approximate surface area is 165 Å². The lowest BCUT2D eigenvalue weighted by Crippen LogP contribution is -2.31. The molecule has 0 spiro atoms. The van der Waals surface area contributed by atoms with Crippen molar-refractivity contribution in [2.75, 3.05) is 10.6 Å². The van der Waals surface area contributed by atoms with Crippen molar-refractivity contribution < 1.29 is 4.79 Å². The Kier molecular flexibility index (Phi) is 4.55. The van der Waals surface area contributed by atoms with Crippen molar-refractivity contribution in [2.24, 2.45) is 0 Å². The van der Waals surface area contributed by atoms with E-state index in [0.717, 1.165) is 0 Å². The predicted octanol–water partition coefficient (Wildman–Crippen LogP) is 3.91. The molecule has 0 saturated carbocycles. The molecule has 7 nitrogen and oxygen atoms in total. The van der Waals surface area contributed by atoms with Gasteiger partial charge in [0, 0.05) is 27.5 Å². The van der Waals surface area contributed by atoms with E-state index < -0.39 is 6.04 Å². The van der Waals surface area contributed by atoms with E-state index >= 15 is 0 Å². The van der Waals surface area contributed by atoms with Crippen molar-refractivity contribution in [3.63, 3.8) is 0 Å². The van der Waals surface area contributed by atoms with Crippen LogP contribution in [0.1, 0.15) is 18.5 Å². The van der Waals surface area contributed by atoms with Gasteiger partial charge < -0.3 is 10.6 Å². The number of hydrogen-bond acceptors (Lipinski definition) is 5. The SMILES string of the molecule is CC1=C(C(=O)Nc2ccccn2)[C@H](c2ccc(Cl)cc2Cl)n2ncnc2N1. The number of halogens is 2. The van der Waals surface area contributed by atoms with Gasteiger partial charge in [-0.2, -0.15) is 10.1 Å². The van der Waals surface area contributed by atoms with E-state index in [0.29, 0.717) is 38.6 Å². The molecule has 1 aromatic carbocycles. The first-order valence-corrected chi connectivity index (χ1v) is 8.85. The zero-order chi connectivity index (χ0) is 19.0. The van der Waals surface area contributed by atoms with Gasteiger partial charge in [-0.15, -0.1) is 0 Å². The van der Waals surface area contributed by atoms with Crippen molar-refractivity contribution in [3.05, 3.63) is 75.8 Å². The van der Waals surface area contributed by atoms with Crippen LogP contribution in [0.2, 0.25) is 10.0 Å². The summed E-state index contributed by atoms with van der Waals surface area (Å²) in [6.45, 7) is 1.81. The lowest BCUT2D eigenvalue weighted by atomic mass is 9.95. The van der Waals surface area contributed by atoms with Gasteiger partial charge in [0.1, 0.15) is 18.2 Å². The second kappa shape index (κ2) is 7.02. The highest BCUT2D eigenvalue weighted by molar-refractivity contribution is 6.35. The van der Waals surface area contributed by atoms with Crippen molar-refractivity contribution in [2.45, 2.75) is 13.0 Å². The van der Waals surface area contributed by atoms with E-state index in [2.05, 4.69) is 25.7 Å². The number of carbonyl (C=O) groups excluding carboxylic acids is 1. The highest BCUT2D eigenvalue weighted by Crippen LogP contribution is 2.38. The average molecular weight is 401 g/mol. The zero-order valence-electron chi connectivity index (χ0n) is 14.1. The number of aromatic nitrogens is 4. The van der Waals surface area contributed by atoms with Gasteiger partial charge in [0.05, 0.1) is 5.57 Å². The number of hydrogen-bond donors (Lipinski definition) is 2. The largest absolute Gasteiger partial charge is 0.328 e. The molecule has 0 radical (unpaired) electrons. The van der Waals surface area contributed by atoms with Gasteiger partial charge in [-0.25, -0.2) is 9.67 Å². The van der Waals surface area contributed by atoms with Crippen LogP contribution in [0.5, 0.6) is 0 Å². The van der Waals surface area contributed by atoms with Gasteiger partial charge in [-0.1, -0.05) is 35.3 Å². The number of amides is 1. The number of rotatable bonds is 3. The molecule has 1 amide bonds. The maximum atomic E-state index is 13.1. The Morgan fingerprint density at radius 2 is 2.07 bits per heavy atom. The topological polar surface area (TPSA) is 84.7 Å². The van der Waals surface area contributed by atoms with E-state index in [1.807, 2.05) is 6.92 Å². The molecule has 4 rings (SSSR count). The van der Waals surface area contributed by atoms with Crippen LogP contribution >= 0.6 is 23.2 Å². The van der Waals surface area contributed by atoms with Crippen LogP contribution in [0.25, 0.3) is 0 Å². The van der Waals surface area contributed by atoms with Crippen molar-refractivity contribution in [3.8, 4) is 0 Å². The molecule has 0 fully saturated rings. The summed E-state index contributed by atoms with van der Waals surface area (Å²) in [5, 5.41) is 11.1. The van der Waals surface area contributed by atoms with Gasteiger partial charge in [0.15, 0.2) is 0 Å². The standard InChI is InChI=1S/C18H14Cl2N6O/c1-10-15(17(27)25-14-4-2-3-7-21-14)16(26-18(24-10)22-9-23-26)12-6-5-11(19)8-13(12)20/h2-9,16H,1H3,(H,21,25,27)(H,22,23,24)/t16-/m0/s1. The van der Waals surface area contributed by atoms with E-state index in [1.54, 1.807) is 47.3 Å². The van der Waals surface area contributed by atoms with Crippen LogP contribution in [0.3, 0.4) is 0 Å². The molecule has 27 heavy (non-hydrogen) atoms. The maximum Gasteiger partial charge on any atom is 0.257 e. The average Bonchev–Trinajstić information content (AvgIpc) is 3.09. The van der Waals surface area contributed by atoms with Crippen molar-refractivity contribution in [1.82, 2.24) is 19.7 Å². The minimum Gasteiger partial charge on any atom is -0.328 e. The quantitative estimate of drug-likeness (QED) is 0.695. The molecule has 0 bridgehead atoms. The summed E-state index contributed by atoms with van der Waals surface area (Å²) >= 11 is 12.5. The van der Waals surface area contributed by atoms with Gasteiger partial charge in [0.2, 0.25) is 5.95 Å². The molecular weight excluding hydrogens is 387 g/mol. The summed E-state index contributed by atoms with van der Waals surface area (Å²) in [6, 6.07) is 9.89. The Hall–Kier alpha value is -2.90. The molecule has 3 aromatic rings. The fourth-order valence-electron chi connectivity index (χ4n) is 3.02.